The van der Waals surface area contributed by atoms with Crippen LogP contribution in [0.5, 0.6) is 23.0 Å². The van der Waals surface area contributed by atoms with Crippen molar-refractivity contribution in [2.24, 2.45) is 0 Å². The van der Waals surface area contributed by atoms with Gasteiger partial charge in [0.15, 0.2) is 23.0 Å². The maximum absolute atomic E-state index is 10.2. The lowest BCUT2D eigenvalue weighted by atomic mass is 10.00. The lowest BCUT2D eigenvalue weighted by molar-refractivity contribution is 0.340. The van der Waals surface area contributed by atoms with E-state index in [9.17, 15) is 10.2 Å². The SMILES string of the molecule is COc1cc(OC)c(O)c(CCCCCCc2ccccc2C)c1O. The van der Waals surface area contributed by atoms with Crippen molar-refractivity contribution < 1.29 is 19.7 Å². The van der Waals surface area contributed by atoms with Crippen LogP contribution >= 0.6 is 0 Å². The van der Waals surface area contributed by atoms with Crippen molar-refractivity contribution in [3.8, 4) is 23.0 Å². The number of phenolic OH excluding ortho intramolecular Hbond substituents is 2. The summed E-state index contributed by atoms with van der Waals surface area (Å²) in [6, 6.07) is 9.99. The van der Waals surface area contributed by atoms with E-state index in [2.05, 4.69) is 31.2 Å². The minimum Gasteiger partial charge on any atom is -0.504 e. The summed E-state index contributed by atoms with van der Waals surface area (Å²) in [7, 11) is 2.97. The molecular weight excluding hydrogens is 316 g/mol. The highest BCUT2D eigenvalue weighted by molar-refractivity contribution is 5.59. The van der Waals surface area contributed by atoms with E-state index in [-0.39, 0.29) is 11.5 Å². The molecule has 0 unspecified atom stereocenters. The smallest absolute Gasteiger partial charge is 0.164 e. The molecule has 0 amide bonds. The third-order valence-electron chi connectivity index (χ3n) is 4.62. The molecule has 0 aromatic heterocycles. The van der Waals surface area contributed by atoms with Crippen LogP contribution in [0, 0.1) is 6.92 Å². The maximum atomic E-state index is 10.2. The lowest BCUT2D eigenvalue weighted by Crippen LogP contribution is -1.95. The first-order valence-corrected chi connectivity index (χ1v) is 8.78. The molecule has 2 aromatic rings. The summed E-state index contributed by atoms with van der Waals surface area (Å²) in [6.07, 6.45) is 5.89. The van der Waals surface area contributed by atoms with Crippen LogP contribution in [-0.2, 0) is 12.8 Å². The molecule has 0 saturated carbocycles. The normalized spacial score (nSPS) is 10.7. The molecule has 0 aliphatic heterocycles. The number of hydrogen-bond donors (Lipinski definition) is 2. The minimum atomic E-state index is 0.000658. The molecule has 2 rings (SSSR count). The van der Waals surface area contributed by atoms with Gasteiger partial charge in [-0.05, 0) is 43.7 Å². The van der Waals surface area contributed by atoms with Crippen LogP contribution in [0.3, 0.4) is 0 Å². The number of phenols is 2. The first kappa shape index (κ1) is 19.0. The maximum Gasteiger partial charge on any atom is 0.164 e. The molecule has 0 spiro atoms. The van der Waals surface area contributed by atoms with Crippen molar-refractivity contribution in [2.75, 3.05) is 14.2 Å². The van der Waals surface area contributed by atoms with Crippen molar-refractivity contribution in [1.82, 2.24) is 0 Å². The van der Waals surface area contributed by atoms with Gasteiger partial charge in [0.05, 0.1) is 14.2 Å². The Hall–Kier alpha value is -2.36. The molecule has 0 radical (unpaired) electrons. The Morgan fingerprint density at radius 1 is 0.800 bits per heavy atom. The molecule has 136 valence electrons. The van der Waals surface area contributed by atoms with E-state index in [0.29, 0.717) is 23.5 Å². The highest BCUT2D eigenvalue weighted by atomic mass is 16.5. The van der Waals surface area contributed by atoms with E-state index in [0.717, 1.165) is 32.1 Å². The van der Waals surface area contributed by atoms with E-state index in [4.69, 9.17) is 9.47 Å². The average molecular weight is 344 g/mol. The largest absolute Gasteiger partial charge is 0.504 e. The fraction of sp³-hybridized carbons (Fsp3) is 0.429. The van der Waals surface area contributed by atoms with Crippen molar-refractivity contribution in [3.63, 3.8) is 0 Å². The molecule has 0 fully saturated rings. The zero-order valence-electron chi connectivity index (χ0n) is 15.3. The number of hydrogen-bond acceptors (Lipinski definition) is 4. The Bertz CT molecular complexity index is 666. The van der Waals surface area contributed by atoms with Crippen molar-refractivity contribution in [1.29, 1.82) is 0 Å². The molecule has 2 aromatic carbocycles. The Labute approximate surface area is 150 Å². The fourth-order valence-electron chi connectivity index (χ4n) is 3.07. The molecule has 4 nitrogen and oxygen atoms in total. The first-order valence-electron chi connectivity index (χ1n) is 8.78. The number of methoxy groups -OCH3 is 2. The molecule has 0 saturated heterocycles. The van der Waals surface area contributed by atoms with Crippen LogP contribution in [0.1, 0.15) is 42.4 Å². The van der Waals surface area contributed by atoms with Gasteiger partial charge in [-0.25, -0.2) is 0 Å². The Kier molecular flexibility index (Phi) is 6.99. The molecule has 2 N–H and O–H groups in total. The third-order valence-corrected chi connectivity index (χ3v) is 4.62. The highest BCUT2D eigenvalue weighted by Crippen LogP contribution is 2.43. The topological polar surface area (TPSA) is 58.9 Å². The van der Waals surface area contributed by atoms with Gasteiger partial charge in [-0.2, -0.15) is 0 Å². The zero-order valence-corrected chi connectivity index (χ0v) is 15.3. The van der Waals surface area contributed by atoms with Crippen LogP contribution in [0.25, 0.3) is 0 Å². The number of unbranched alkanes of at least 4 members (excludes halogenated alkanes) is 3. The average Bonchev–Trinajstić information content (AvgIpc) is 2.62. The van der Waals surface area contributed by atoms with Crippen LogP contribution in [0.4, 0.5) is 0 Å². The molecule has 0 aliphatic carbocycles. The summed E-state index contributed by atoms with van der Waals surface area (Å²) in [5, 5.41) is 20.5. The second kappa shape index (κ2) is 9.21. The van der Waals surface area contributed by atoms with E-state index in [1.165, 1.54) is 31.4 Å². The number of aromatic hydroxyl groups is 2. The fourth-order valence-corrected chi connectivity index (χ4v) is 3.07. The number of aryl methyl sites for hydroxylation is 2. The molecule has 0 bridgehead atoms. The monoisotopic (exact) mass is 344 g/mol. The van der Waals surface area contributed by atoms with Crippen molar-refractivity contribution in [3.05, 3.63) is 47.0 Å². The van der Waals surface area contributed by atoms with E-state index in [1.54, 1.807) is 0 Å². The Morgan fingerprint density at radius 2 is 1.36 bits per heavy atom. The summed E-state index contributed by atoms with van der Waals surface area (Å²) in [4.78, 5) is 0. The second-order valence-corrected chi connectivity index (χ2v) is 6.30. The van der Waals surface area contributed by atoms with Gasteiger partial charge in [-0.15, -0.1) is 0 Å². The van der Waals surface area contributed by atoms with Crippen LogP contribution < -0.4 is 9.47 Å². The number of rotatable bonds is 9. The molecule has 25 heavy (non-hydrogen) atoms. The standard InChI is InChI=1S/C21H28O4/c1-15-10-8-9-12-16(15)11-6-4-5-7-13-17-20(22)18(24-2)14-19(25-3)21(17)23/h8-10,12,14,22-23H,4-7,11,13H2,1-3H3. The van der Waals surface area contributed by atoms with Gasteiger partial charge in [0, 0.05) is 11.6 Å². The summed E-state index contributed by atoms with van der Waals surface area (Å²) in [5.41, 5.74) is 3.26. The third kappa shape index (κ3) is 4.81. The number of ether oxygens (including phenoxy) is 2. The second-order valence-electron chi connectivity index (χ2n) is 6.30. The van der Waals surface area contributed by atoms with Gasteiger partial charge in [-0.3, -0.25) is 0 Å². The molecule has 4 heteroatoms. The van der Waals surface area contributed by atoms with Crippen LogP contribution in [0.2, 0.25) is 0 Å². The Morgan fingerprint density at radius 3 is 1.92 bits per heavy atom. The van der Waals surface area contributed by atoms with Gasteiger partial charge in [-0.1, -0.05) is 37.1 Å². The van der Waals surface area contributed by atoms with E-state index < -0.39 is 0 Å². The molecule has 0 aliphatic rings. The molecule has 0 atom stereocenters. The van der Waals surface area contributed by atoms with Crippen molar-refractivity contribution in [2.45, 2.75) is 45.4 Å². The van der Waals surface area contributed by atoms with Gasteiger partial charge in [0.2, 0.25) is 0 Å². The van der Waals surface area contributed by atoms with Crippen LogP contribution in [0.15, 0.2) is 30.3 Å². The summed E-state index contributed by atoms with van der Waals surface area (Å²) < 4.78 is 10.3. The van der Waals surface area contributed by atoms with Gasteiger partial charge < -0.3 is 19.7 Å². The van der Waals surface area contributed by atoms with E-state index >= 15 is 0 Å². The lowest BCUT2D eigenvalue weighted by Gasteiger charge is -2.14. The van der Waals surface area contributed by atoms with Crippen LogP contribution in [-0.4, -0.2) is 24.4 Å². The predicted molar refractivity (Wildman–Crippen MR) is 99.9 cm³/mol. The number of benzene rings is 2. The summed E-state index contributed by atoms with van der Waals surface area (Å²) >= 11 is 0. The predicted octanol–water partition coefficient (Wildman–Crippen LogP) is 4.77. The minimum absolute atomic E-state index is 0.000658. The Balaban J connectivity index is 1.84. The van der Waals surface area contributed by atoms with Gasteiger partial charge in [0.25, 0.3) is 0 Å². The quantitative estimate of drug-likeness (QED) is 0.643. The molecular formula is C21H28O4. The van der Waals surface area contributed by atoms with Gasteiger partial charge >= 0.3 is 0 Å². The van der Waals surface area contributed by atoms with E-state index in [1.807, 2.05) is 0 Å². The summed E-state index contributed by atoms with van der Waals surface area (Å²) in [5.74, 6) is 0.648. The first-order chi connectivity index (χ1) is 12.1. The zero-order chi connectivity index (χ0) is 18.2. The molecule has 0 heterocycles. The van der Waals surface area contributed by atoms with Crippen molar-refractivity contribution >= 4 is 0 Å². The van der Waals surface area contributed by atoms with Gasteiger partial charge in [0.1, 0.15) is 0 Å². The summed E-state index contributed by atoms with van der Waals surface area (Å²) in [6.45, 7) is 2.15. The highest BCUT2D eigenvalue weighted by Gasteiger charge is 2.18.